The van der Waals surface area contributed by atoms with Gasteiger partial charge in [0.1, 0.15) is 0 Å². The zero-order valence-electron chi connectivity index (χ0n) is 8.71. The lowest BCUT2D eigenvalue weighted by atomic mass is 10.4. The molecule has 1 unspecified atom stereocenters. The molecular weight excluding hydrogens is 184 g/mol. The van der Waals surface area contributed by atoms with Crippen LogP contribution in [-0.4, -0.2) is 30.8 Å². The number of rotatable bonds is 9. The molecule has 3 nitrogen and oxygen atoms in total. The first-order chi connectivity index (χ1) is 6.35. The molecule has 0 aliphatic carbocycles. The molecule has 0 bridgehead atoms. The maximum absolute atomic E-state index is 5.41. The van der Waals surface area contributed by atoms with Crippen molar-refractivity contribution in [1.82, 2.24) is 5.43 Å². The molecule has 0 amide bonds. The molecule has 0 saturated heterocycles. The molecule has 0 aromatic rings. The molecule has 0 radical (unpaired) electrons. The molecule has 3 N–H and O–H groups in total. The minimum atomic E-state index is 0.295. The van der Waals surface area contributed by atoms with Crippen LogP contribution in [0.5, 0.6) is 0 Å². The molecule has 13 heavy (non-hydrogen) atoms. The van der Waals surface area contributed by atoms with Crippen molar-refractivity contribution in [2.45, 2.75) is 32.7 Å². The van der Waals surface area contributed by atoms with Crippen molar-refractivity contribution in [1.29, 1.82) is 0 Å². The number of hydrazine groups is 1. The van der Waals surface area contributed by atoms with E-state index >= 15 is 0 Å². The van der Waals surface area contributed by atoms with Crippen LogP contribution in [0.15, 0.2) is 0 Å². The second-order valence-electron chi connectivity index (χ2n) is 3.01. The van der Waals surface area contributed by atoms with Crippen LogP contribution in [-0.2, 0) is 4.74 Å². The number of hydrogen-bond acceptors (Lipinski definition) is 4. The standard InChI is InChI=1S/C9H22N2OS/c1-3-5-12-7-9(11-10)8-13-6-4-2/h9,11H,3-8,10H2,1-2H3. The van der Waals surface area contributed by atoms with Crippen LogP contribution in [0.25, 0.3) is 0 Å². The van der Waals surface area contributed by atoms with Crippen molar-refractivity contribution < 1.29 is 4.74 Å². The van der Waals surface area contributed by atoms with Gasteiger partial charge in [0.05, 0.1) is 12.6 Å². The van der Waals surface area contributed by atoms with Crippen LogP contribution in [0.4, 0.5) is 0 Å². The summed E-state index contributed by atoms with van der Waals surface area (Å²) >= 11 is 1.92. The van der Waals surface area contributed by atoms with Gasteiger partial charge >= 0.3 is 0 Å². The summed E-state index contributed by atoms with van der Waals surface area (Å²) in [4.78, 5) is 0. The second kappa shape index (κ2) is 10.3. The Balaban J connectivity index is 3.28. The molecule has 0 fully saturated rings. The van der Waals surface area contributed by atoms with E-state index in [0.29, 0.717) is 6.04 Å². The summed E-state index contributed by atoms with van der Waals surface area (Å²) in [5, 5.41) is 0. The van der Waals surface area contributed by atoms with Gasteiger partial charge in [-0.25, -0.2) is 0 Å². The smallest absolute Gasteiger partial charge is 0.0641 e. The summed E-state index contributed by atoms with van der Waals surface area (Å²) in [5.74, 6) is 7.63. The average molecular weight is 206 g/mol. The van der Waals surface area contributed by atoms with Gasteiger partial charge in [0.25, 0.3) is 0 Å². The minimum absolute atomic E-state index is 0.295. The van der Waals surface area contributed by atoms with E-state index in [1.54, 1.807) is 0 Å². The summed E-state index contributed by atoms with van der Waals surface area (Å²) in [7, 11) is 0. The van der Waals surface area contributed by atoms with E-state index in [-0.39, 0.29) is 0 Å². The molecule has 4 heteroatoms. The first-order valence-electron chi connectivity index (χ1n) is 4.96. The van der Waals surface area contributed by atoms with E-state index in [4.69, 9.17) is 10.6 Å². The molecule has 0 aliphatic heterocycles. The van der Waals surface area contributed by atoms with Crippen molar-refractivity contribution >= 4 is 11.8 Å². The Morgan fingerprint density at radius 1 is 1.38 bits per heavy atom. The summed E-state index contributed by atoms with van der Waals surface area (Å²) in [5.41, 5.74) is 2.77. The maximum atomic E-state index is 5.41. The van der Waals surface area contributed by atoms with E-state index in [0.717, 1.165) is 25.4 Å². The SMILES string of the molecule is CCCOCC(CSCCC)NN. The molecule has 0 saturated carbocycles. The van der Waals surface area contributed by atoms with E-state index in [9.17, 15) is 0 Å². The Hall–Kier alpha value is 0.230. The van der Waals surface area contributed by atoms with Gasteiger partial charge in [-0.2, -0.15) is 11.8 Å². The predicted molar refractivity (Wildman–Crippen MR) is 59.8 cm³/mol. The Bertz CT molecular complexity index is 93.6. The van der Waals surface area contributed by atoms with Crippen molar-refractivity contribution in [2.75, 3.05) is 24.7 Å². The molecule has 0 aliphatic rings. The molecule has 0 heterocycles. The fraction of sp³-hybridized carbons (Fsp3) is 1.00. The van der Waals surface area contributed by atoms with Crippen molar-refractivity contribution in [3.8, 4) is 0 Å². The van der Waals surface area contributed by atoms with Crippen LogP contribution < -0.4 is 11.3 Å². The van der Waals surface area contributed by atoms with Crippen LogP contribution >= 0.6 is 11.8 Å². The second-order valence-corrected chi connectivity index (χ2v) is 4.16. The highest BCUT2D eigenvalue weighted by Crippen LogP contribution is 2.04. The van der Waals surface area contributed by atoms with E-state index < -0.39 is 0 Å². The van der Waals surface area contributed by atoms with E-state index in [2.05, 4.69) is 19.3 Å². The Labute approximate surface area is 85.8 Å². The molecule has 1 atom stereocenters. The van der Waals surface area contributed by atoms with Gasteiger partial charge < -0.3 is 4.74 Å². The van der Waals surface area contributed by atoms with Gasteiger partial charge in [-0.3, -0.25) is 11.3 Å². The minimum Gasteiger partial charge on any atom is -0.380 e. The average Bonchev–Trinajstić information content (AvgIpc) is 2.16. The zero-order valence-corrected chi connectivity index (χ0v) is 9.53. The number of hydrogen-bond donors (Lipinski definition) is 2. The van der Waals surface area contributed by atoms with Gasteiger partial charge in [0.2, 0.25) is 0 Å². The fourth-order valence-electron chi connectivity index (χ4n) is 0.884. The number of nitrogens with one attached hydrogen (secondary N) is 1. The topological polar surface area (TPSA) is 47.3 Å². The predicted octanol–water partition coefficient (Wildman–Crippen LogP) is 1.39. The summed E-state index contributed by atoms with van der Waals surface area (Å²) in [6.45, 7) is 5.85. The zero-order chi connectivity index (χ0) is 9.94. The van der Waals surface area contributed by atoms with Gasteiger partial charge in [0.15, 0.2) is 0 Å². The van der Waals surface area contributed by atoms with Gasteiger partial charge in [-0.05, 0) is 18.6 Å². The normalized spacial score (nSPS) is 13.2. The third-order valence-electron chi connectivity index (χ3n) is 1.57. The van der Waals surface area contributed by atoms with Crippen molar-refractivity contribution in [2.24, 2.45) is 5.84 Å². The van der Waals surface area contributed by atoms with Crippen LogP contribution in [0, 0.1) is 0 Å². The largest absolute Gasteiger partial charge is 0.380 e. The first kappa shape index (κ1) is 13.2. The molecule has 0 aromatic heterocycles. The van der Waals surface area contributed by atoms with Crippen molar-refractivity contribution in [3.63, 3.8) is 0 Å². The summed E-state index contributed by atoms with van der Waals surface area (Å²) in [6.07, 6.45) is 2.29. The van der Waals surface area contributed by atoms with Gasteiger partial charge in [-0.15, -0.1) is 0 Å². The molecule has 0 rings (SSSR count). The Morgan fingerprint density at radius 2 is 2.15 bits per heavy atom. The fourth-order valence-corrected chi connectivity index (χ4v) is 1.82. The van der Waals surface area contributed by atoms with E-state index in [1.807, 2.05) is 11.8 Å². The third-order valence-corrected chi connectivity index (χ3v) is 2.91. The van der Waals surface area contributed by atoms with Gasteiger partial charge in [-0.1, -0.05) is 13.8 Å². The highest BCUT2D eigenvalue weighted by atomic mass is 32.2. The van der Waals surface area contributed by atoms with Gasteiger partial charge in [0, 0.05) is 12.4 Å². The monoisotopic (exact) mass is 206 g/mol. The number of nitrogens with two attached hydrogens (primary N) is 1. The third kappa shape index (κ3) is 8.56. The Kier molecular flexibility index (Phi) is 10.5. The highest BCUT2D eigenvalue weighted by Gasteiger charge is 2.05. The summed E-state index contributed by atoms with van der Waals surface area (Å²) < 4.78 is 5.41. The summed E-state index contributed by atoms with van der Waals surface area (Å²) in [6, 6.07) is 0.295. The lowest BCUT2D eigenvalue weighted by Crippen LogP contribution is -2.40. The maximum Gasteiger partial charge on any atom is 0.0641 e. The first-order valence-corrected chi connectivity index (χ1v) is 6.12. The highest BCUT2D eigenvalue weighted by molar-refractivity contribution is 7.99. The molecule has 80 valence electrons. The van der Waals surface area contributed by atoms with Crippen LogP contribution in [0.1, 0.15) is 26.7 Å². The van der Waals surface area contributed by atoms with Crippen molar-refractivity contribution in [3.05, 3.63) is 0 Å². The lowest BCUT2D eigenvalue weighted by molar-refractivity contribution is 0.117. The number of ether oxygens (including phenoxy) is 1. The van der Waals surface area contributed by atoms with E-state index in [1.165, 1.54) is 12.2 Å². The number of thioether (sulfide) groups is 1. The molecular formula is C9H22N2OS. The van der Waals surface area contributed by atoms with Crippen LogP contribution in [0.2, 0.25) is 0 Å². The van der Waals surface area contributed by atoms with Crippen LogP contribution in [0.3, 0.4) is 0 Å². The lowest BCUT2D eigenvalue weighted by Gasteiger charge is -2.15. The Morgan fingerprint density at radius 3 is 2.69 bits per heavy atom. The molecule has 0 spiro atoms. The molecule has 0 aromatic carbocycles. The quantitative estimate of drug-likeness (QED) is 0.340.